The second kappa shape index (κ2) is 9.11. The van der Waals surface area contributed by atoms with Gasteiger partial charge in [-0.3, -0.25) is 4.68 Å². The Morgan fingerprint density at radius 1 is 1.15 bits per heavy atom. The summed E-state index contributed by atoms with van der Waals surface area (Å²) in [5, 5.41) is 14.7. The number of carbonyl (C=O) groups is 2. The Labute approximate surface area is 196 Å². The molecule has 0 radical (unpaired) electrons. The van der Waals surface area contributed by atoms with E-state index in [0.717, 1.165) is 0 Å². The highest BCUT2D eigenvalue weighted by Gasteiger charge is 2.42. The summed E-state index contributed by atoms with van der Waals surface area (Å²) in [5.74, 6) is -3.71. The smallest absolute Gasteiger partial charge is 0.477 e. The van der Waals surface area contributed by atoms with Crippen molar-refractivity contribution in [3.05, 3.63) is 58.2 Å². The molecule has 178 valence electrons. The molecule has 0 unspecified atom stereocenters. The fourth-order valence-corrected chi connectivity index (χ4v) is 4.13. The van der Waals surface area contributed by atoms with Crippen molar-refractivity contribution in [1.82, 2.24) is 9.78 Å². The number of hydrogen-bond acceptors (Lipinski definition) is 5. The molecule has 3 aromatic rings. The maximum absolute atomic E-state index is 12.9. The van der Waals surface area contributed by atoms with Crippen molar-refractivity contribution in [2.45, 2.75) is 32.0 Å². The molecular weight excluding hydrogens is 475 g/mol. The monoisotopic (exact) mass is 493 g/mol. The predicted molar refractivity (Wildman–Crippen MR) is 118 cm³/mol. The van der Waals surface area contributed by atoms with E-state index in [2.05, 4.69) is 5.10 Å². The Morgan fingerprint density at radius 3 is 2.47 bits per heavy atom. The topological polar surface area (TPSA) is 107 Å². The molecule has 2 aromatic carbocycles. The lowest BCUT2D eigenvalue weighted by Gasteiger charge is -2.20. The number of aryl methyl sites for hydroxylation is 2. The average Bonchev–Trinajstić information content (AvgIpc) is 3.16. The van der Waals surface area contributed by atoms with Gasteiger partial charge in [0, 0.05) is 28.3 Å². The predicted octanol–water partition coefficient (Wildman–Crippen LogP) is 4.48. The maximum atomic E-state index is 12.9. The number of aromatic nitrogens is 2. The van der Waals surface area contributed by atoms with E-state index in [9.17, 15) is 27.9 Å². The highest BCUT2D eigenvalue weighted by molar-refractivity contribution is 6.30. The van der Waals surface area contributed by atoms with Crippen LogP contribution in [0.2, 0.25) is 5.02 Å². The van der Waals surface area contributed by atoms with E-state index in [4.69, 9.17) is 22.1 Å². The van der Waals surface area contributed by atoms with E-state index in [1.165, 1.54) is 10.7 Å². The molecule has 0 saturated carbocycles. The minimum atomic E-state index is -5.17. The molecule has 4 rings (SSSR count). The number of benzene rings is 2. The van der Waals surface area contributed by atoms with Crippen molar-refractivity contribution in [2.24, 2.45) is 5.73 Å². The number of fused-ring (bicyclic) bond motifs is 3. The van der Waals surface area contributed by atoms with Gasteiger partial charge in [-0.2, -0.15) is 18.3 Å². The first kappa shape index (κ1) is 23.8. The third-order valence-corrected chi connectivity index (χ3v) is 5.77. The Morgan fingerprint density at radius 2 is 1.85 bits per heavy atom. The van der Waals surface area contributed by atoms with Crippen molar-refractivity contribution in [1.29, 1.82) is 0 Å². The summed E-state index contributed by atoms with van der Waals surface area (Å²) in [6.45, 7) is 0.667. The van der Waals surface area contributed by atoms with Gasteiger partial charge >= 0.3 is 18.1 Å². The second-order valence-corrected chi connectivity index (χ2v) is 8.18. The molecule has 1 heterocycles. The molecule has 0 amide bonds. The number of carboxylic acid groups (broad SMARTS) is 1. The molecule has 0 saturated heterocycles. The minimum Gasteiger partial charge on any atom is -0.477 e. The number of nitrogens with zero attached hydrogens (tertiary/aromatic N) is 2. The summed E-state index contributed by atoms with van der Waals surface area (Å²) < 4.78 is 44.9. The van der Waals surface area contributed by atoms with Crippen molar-refractivity contribution >= 4 is 23.5 Å². The van der Waals surface area contributed by atoms with Crippen LogP contribution >= 0.6 is 11.6 Å². The number of nitrogens with two attached hydrogens (primary N) is 1. The van der Waals surface area contributed by atoms with Crippen molar-refractivity contribution in [3.63, 3.8) is 0 Å². The van der Waals surface area contributed by atoms with Crippen molar-refractivity contribution in [3.8, 4) is 28.1 Å². The van der Waals surface area contributed by atoms with E-state index in [1.807, 2.05) is 0 Å². The highest BCUT2D eigenvalue weighted by Crippen LogP contribution is 2.42. The van der Waals surface area contributed by atoms with Crippen molar-refractivity contribution < 1.29 is 32.6 Å². The van der Waals surface area contributed by atoms with Gasteiger partial charge in [-0.25, -0.2) is 9.59 Å². The Kier molecular flexibility index (Phi) is 6.37. The molecule has 34 heavy (non-hydrogen) atoms. The highest BCUT2D eigenvalue weighted by atomic mass is 35.5. The number of ether oxygens (including phenoxy) is 1. The van der Waals surface area contributed by atoms with Gasteiger partial charge in [-0.05, 0) is 61.2 Å². The van der Waals surface area contributed by atoms with Gasteiger partial charge in [0.1, 0.15) is 11.4 Å². The number of halogens is 4. The SMILES string of the molecule is NCCCn1nc2c(c1C(=O)O)CCc1cc(OC(=O)C(F)(F)F)c(-c3ccc(Cl)cc3)cc1-2. The fraction of sp³-hybridized carbons (Fsp3) is 0.261. The van der Waals surface area contributed by atoms with Gasteiger partial charge in [0.15, 0.2) is 0 Å². The van der Waals surface area contributed by atoms with E-state index < -0.39 is 18.1 Å². The first-order chi connectivity index (χ1) is 16.1. The summed E-state index contributed by atoms with van der Waals surface area (Å²) >= 11 is 5.95. The minimum absolute atomic E-state index is 0.0646. The zero-order valence-corrected chi connectivity index (χ0v) is 18.4. The van der Waals surface area contributed by atoms with E-state index >= 15 is 0 Å². The van der Waals surface area contributed by atoms with Crippen LogP contribution in [0.1, 0.15) is 28.0 Å². The number of esters is 1. The normalized spacial score (nSPS) is 12.7. The Bertz CT molecular complexity index is 1270. The van der Waals surface area contributed by atoms with Crippen LogP contribution in [0.15, 0.2) is 36.4 Å². The zero-order chi connectivity index (χ0) is 24.6. The van der Waals surface area contributed by atoms with E-state index in [1.54, 1.807) is 30.3 Å². The van der Waals surface area contributed by atoms with Crippen LogP contribution in [0.4, 0.5) is 13.2 Å². The first-order valence-corrected chi connectivity index (χ1v) is 10.7. The standard InChI is InChI=1S/C23H19ClF3N3O4/c24-14-5-2-12(3-6-14)16-11-17-13(10-18(16)34-22(33)23(25,26)27)4-7-15-19(17)29-30(9-1-8-28)20(15)21(31)32/h2-3,5-6,10-11H,1,4,7-9,28H2,(H,31,32). The molecular formula is C23H19ClF3N3O4. The van der Waals surface area contributed by atoms with Crippen LogP contribution in [-0.2, 0) is 24.2 Å². The third-order valence-electron chi connectivity index (χ3n) is 5.52. The lowest BCUT2D eigenvalue weighted by Crippen LogP contribution is -2.28. The van der Waals surface area contributed by atoms with E-state index in [0.29, 0.717) is 65.3 Å². The summed E-state index contributed by atoms with van der Waals surface area (Å²) in [6.07, 6.45) is -3.99. The molecule has 1 aliphatic rings. The van der Waals surface area contributed by atoms with Gasteiger partial charge < -0.3 is 15.6 Å². The summed E-state index contributed by atoms with van der Waals surface area (Å²) in [5.41, 5.74) is 8.43. The lowest BCUT2D eigenvalue weighted by atomic mass is 9.86. The maximum Gasteiger partial charge on any atom is 0.491 e. The van der Waals surface area contributed by atoms with Gasteiger partial charge in [0.05, 0.1) is 5.69 Å². The molecule has 1 aromatic heterocycles. The molecule has 3 N–H and O–H groups in total. The van der Waals surface area contributed by atoms with Crippen LogP contribution in [0.25, 0.3) is 22.4 Å². The van der Waals surface area contributed by atoms with Crippen LogP contribution < -0.4 is 10.5 Å². The van der Waals surface area contributed by atoms with Crippen LogP contribution in [0, 0.1) is 0 Å². The largest absolute Gasteiger partial charge is 0.491 e. The molecule has 0 bridgehead atoms. The quantitative estimate of drug-likeness (QED) is 0.387. The van der Waals surface area contributed by atoms with Crippen LogP contribution in [-0.4, -0.2) is 39.5 Å². The summed E-state index contributed by atoms with van der Waals surface area (Å²) in [7, 11) is 0. The fourth-order valence-electron chi connectivity index (χ4n) is 4.00. The van der Waals surface area contributed by atoms with Gasteiger partial charge in [-0.15, -0.1) is 0 Å². The number of rotatable bonds is 6. The molecule has 7 nitrogen and oxygen atoms in total. The average molecular weight is 494 g/mol. The summed E-state index contributed by atoms with van der Waals surface area (Å²) in [4.78, 5) is 23.6. The Balaban J connectivity index is 1.89. The second-order valence-electron chi connectivity index (χ2n) is 7.75. The number of carboxylic acids is 1. The molecule has 0 fully saturated rings. The van der Waals surface area contributed by atoms with Gasteiger partial charge in [0.25, 0.3) is 0 Å². The van der Waals surface area contributed by atoms with Gasteiger partial charge in [0.2, 0.25) is 0 Å². The lowest BCUT2D eigenvalue weighted by molar-refractivity contribution is -0.189. The first-order valence-electron chi connectivity index (χ1n) is 10.4. The molecule has 0 atom stereocenters. The third kappa shape index (κ3) is 4.51. The molecule has 11 heteroatoms. The molecule has 1 aliphatic carbocycles. The number of alkyl halides is 3. The molecule has 0 aliphatic heterocycles. The van der Waals surface area contributed by atoms with E-state index in [-0.39, 0.29) is 17.0 Å². The Hall–Kier alpha value is -3.37. The van der Waals surface area contributed by atoms with Gasteiger partial charge in [-0.1, -0.05) is 23.7 Å². The summed E-state index contributed by atoms with van der Waals surface area (Å²) in [6, 6.07) is 9.23. The number of carbonyl (C=O) groups excluding carboxylic acids is 1. The van der Waals surface area contributed by atoms with Crippen molar-refractivity contribution in [2.75, 3.05) is 6.54 Å². The van der Waals surface area contributed by atoms with Crippen LogP contribution in [0.3, 0.4) is 0 Å². The number of hydrogen-bond donors (Lipinski definition) is 2. The number of aromatic carboxylic acids is 1. The zero-order valence-electron chi connectivity index (χ0n) is 17.7. The van der Waals surface area contributed by atoms with Crippen LogP contribution in [0.5, 0.6) is 5.75 Å². The molecule has 0 spiro atoms.